The molecule has 0 bridgehead atoms. The fraction of sp³-hybridized carbons (Fsp3) is 0.923. The highest BCUT2D eigenvalue weighted by Gasteiger charge is 2.39. The fourth-order valence-electron chi connectivity index (χ4n) is 2.81. The second-order valence-corrected chi connectivity index (χ2v) is 6.24. The first kappa shape index (κ1) is 15.4. The lowest BCUT2D eigenvalue weighted by Gasteiger charge is -2.47. The van der Waals surface area contributed by atoms with E-state index in [1.165, 1.54) is 0 Å². The molecule has 1 unspecified atom stereocenters. The van der Waals surface area contributed by atoms with Gasteiger partial charge in [0.2, 0.25) is 0 Å². The van der Waals surface area contributed by atoms with E-state index in [2.05, 4.69) is 10.2 Å². The van der Waals surface area contributed by atoms with Crippen LogP contribution in [0.25, 0.3) is 0 Å². The fourth-order valence-corrected chi connectivity index (χ4v) is 2.81. The molecule has 1 rings (SSSR count). The van der Waals surface area contributed by atoms with E-state index in [-0.39, 0.29) is 11.2 Å². The van der Waals surface area contributed by atoms with Crippen molar-refractivity contribution in [1.82, 2.24) is 10.2 Å². The molecule has 0 aromatic carbocycles. The Bertz CT molecular complexity index is 287. The predicted octanol–water partition coefficient (Wildman–Crippen LogP) is 0.939. The standard InChI is InChI=1S/C13H26N2O3/c1-6-14-10(11(16)17)7-15-8-12(2,3)18-13(4,5)9-15/h10,14H,6-9H2,1-5H3,(H,16,17). The minimum absolute atomic E-state index is 0.239. The SMILES string of the molecule is CCNC(CN1CC(C)(C)OC(C)(C)C1)C(=O)O. The first-order chi connectivity index (χ1) is 8.15. The second kappa shape index (κ2) is 5.55. The summed E-state index contributed by atoms with van der Waals surface area (Å²) >= 11 is 0. The summed E-state index contributed by atoms with van der Waals surface area (Å²) in [5.74, 6) is -0.793. The minimum Gasteiger partial charge on any atom is -0.480 e. The molecular weight excluding hydrogens is 232 g/mol. The van der Waals surface area contributed by atoms with E-state index < -0.39 is 12.0 Å². The molecule has 0 spiro atoms. The lowest BCUT2D eigenvalue weighted by atomic mass is 9.98. The first-order valence-electron chi connectivity index (χ1n) is 6.54. The van der Waals surface area contributed by atoms with Crippen molar-refractivity contribution in [1.29, 1.82) is 0 Å². The summed E-state index contributed by atoms with van der Waals surface area (Å²) in [4.78, 5) is 13.3. The summed E-state index contributed by atoms with van der Waals surface area (Å²) in [6, 6.07) is -0.514. The summed E-state index contributed by atoms with van der Waals surface area (Å²) in [5.41, 5.74) is -0.478. The van der Waals surface area contributed by atoms with E-state index in [4.69, 9.17) is 4.74 Å². The maximum absolute atomic E-state index is 11.2. The van der Waals surface area contributed by atoms with E-state index in [1.807, 2.05) is 34.6 Å². The molecule has 0 aromatic rings. The van der Waals surface area contributed by atoms with Crippen LogP contribution in [0.5, 0.6) is 0 Å². The Morgan fingerprint density at radius 2 is 1.83 bits per heavy atom. The van der Waals surface area contributed by atoms with E-state index in [1.54, 1.807) is 0 Å². The van der Waals surface area contributed by atoms with Crippen LogP contribution in [0.4, 0.5) is 0 Å². The van der Waals surface area contributed by atoms with Gasteiger partial charge in [0.05, 0.1) is 11.2 Å². The Hall–Kier alpha value is -0.650. The summed E-state index contributed by atoms with van der Waals surface area (Å²) in [6.45, 7) is 12.8. The van der Waals surface area contributed by atoms with Gasteiger partial charge in [0.1, 0.15) is 6.04 Å². The topological polar surface area (TPSA) is 61.8 Å². The Labute approximate surface area is 109 Å². The molecule has 1 fully saturated rings. The van der Waals surface area contributed by atoms with Gasteiger partial charge < -0.3 is 15.2 Å². The maximum atomic E-state index is 11.2. The van der Waals surface area contributed by atoms with Crippen LogP contribution in [0, 0.1) is 0 Å². The summed E-state index contributed by atoms with van der Waals surface area (Å²) in [6.07, 6.45) is 0. The molecule has 0 radical (unpaired) electrons. The molecular formula is C13H26N2O3. The zero-order chi connectivity index (χ0) is 14.0. The van der Waals surface area contributed by atoms with Gasteiger partial charge >= 0.3 is 5.97 Å². The van der Waals surface area contributed by atoms with Gasteiger partial charge in [-0.05, 0) is 34.2 Å². The number of hydrogen-bond acceptors (Lipinski definition) is 4. The Balaban J connectivity index is 2.67. The number of hydrogen-bond donors (Lipinski definition) is 2. The number of aliphatic carboxylic acids is 1. The Kier molecular flexibility index (Phi) is 4.75. The van der Waals surface area contributed by atoms with Crippen LogP contribution in [-0.2, 0) is 9.53 Å². The number of ether oxygens (including phenoxy) is 1. The van der Waals surface area contributed by atoms with Gasteiger partial charge in [0, 0.05) is 19.6 Å². The van der Waals surface area contributed by atoms with Gasteiger partial charge in [-0.15, -0.1) is 0 Å². The number of likely N-dealkylation sites (N-methyl/N-ethyl adjacent to an activating group) is 1. The molecule has 106 valence electrons. The highest BCUT2D eigenvalue weighted by atomic mass is 16.5. The molecule has 0 saturated carbocycles. The minimum atomic E-state index is -0.793. The van der Waals surface area contributed by atoms with Crippen molar-refractivity contribution < 1.29 is 14.6 Å². The van der Waals surface area contributed by atoms with Gasteiger partial charge in [0.25, 0.3) is 0 Å². The highest BCUT2D eigenvalue weighted by Crippen LogP contribution is 2.27. The molecule has 2 N–H and O–H groups in total. The summed E-state index contributed by atoms with van der Waals surface area (Å²) < 4.78 is 5.98. The summed E-state index contributed by atoms with van der Waals surface area (Å²) in [5, 5.41) is 12.2. The van der Waals surface area contributed by atoms with Crippen molar-refractivity contribution in [3.8, 4) is 0 Å². The van der Waals surface area contributed by atoms with E-state index in [0.717, 1.165) is 13.1 Å². The maximum Gasteiger partial charge on any atom is 0.322 e. The number of carboxylic acids is 1. The zero-order valence-electron chi connectivity index (χ0n) is 12.1. The van der Waals surface area contributed by atoms with Crippen LogP contribution in [0.15, 0.2) is 0 Å². The van der Waals surface area contributed by atoms with Crippen LogP contribution in [-0.4, -0.2) is 59.4 Å². The molecule has 0 aromatic heterocycles. The smallest absolute Gasteiger partial charge is 0.322 e. The van der Waals surface area contributed by atoms with Crippen molar-refractivity contribution in [2.75, 3.05) is 26.2 Å². The van der Waals surface area contributed by atoms with Crippen LogP contribution in [0.2, 0.25) is 0 Å². The van der Waals surface area contributed by atoms with Crippen molar-refractivity contribution in [2.45, 2.75) is 51.9 Å². The van der Waals surface area contributed by atoms with E-state index >= 15 is 0 Å². The third kappa shape index (κ3) is 4.55. The predicted molar refractivity (Wildman–Crippen MR) is 70.8 cm³/mol. The molecule has 0 aliphatic carbocycles. The average molecular weight is 258 g/mol. The van der Waals surface area contributed by atoms with Gasteiger partial charge in [-0.25, -0.2) is 0 Å². The van der Waals surface area contributed by atoms with E-state index in [0.29, 0.717) is 13.1 Å². The van der Waals surface area contributed by atoms with Crippen molar-refractivity contribution in [3.05, 3.63) is 0 Å². The number of nitrogens with one attached hydrogen (secondary N) is 1. The molecule has 1 atom stereocenters. The first-order valence-corrected chi connectivity index (χ1v) is 6.54. The quantitative estimate of drug-likeness (QED) is 0.768. The third-order valence-corrected chi connectivity index (χ3v) is 2.95. The lowest BCUT2D eigenvalue weighted by molar-refractivity contribution is -0.182. The zero-order valence-corrected chi connectivity index (χ0v) is 12.1. The number of carboxylic acid groups (broad SMARTS) is 1. The van der Waals surface area contributed by atoms with Crippen LogP contribution in [0.3, 0.4) is 0 Å². The third-order valence-electron chi connectivity index (χ3n) is 2.95. The normalized spacial score (nSPS) is 24.7. The summed E-state index contributed by atoms with van der Waals surface area (Å²) in [7, 11) is 0. The molecule has 1 saturated heterocycles. The van der Waals surface area contributed by atoms with Gasteiger partial charge in [0.15, 0.2) is 0 Å². The number of nitrogens with zero attached hydrogens (tertiary/aromatic N) is 1. The average Bonchev–Trinajstić information content (AvgIpc) is 2.11. The lowest BCUT2D eigenvalue weighted by Crippen LogP contribution is -2.60. The monoisotopic (exact) mass is 258 g/mol. The van der Waals surface area contributed by atoms with Crippen LogP contribution in [0.1, 0.15) is 34.6 Å². The molecule has 18 heavy (non-hydrogen) atoms. The van der Waals surface area contributed by atoms with E-state index in [9.17, 15) is 9.90 Å². The number of carbonyl (C=O) groups is 1. The second-order valence-electron chi connectivity index (χ2n) is 6.24. The van der Waals surface area contributed by atoms with Crippen LogP contribution < -0.4 is 5.32 Å². The number of morpholine rings is 1. The molecule has 0 amide bonds. The van der Waals surface area contributed by atoms with Crippen LogP contribution >= 0.6 is 0 Å². The molecule has 5 heteroatoms. The molecule has 1 aliphatic rings. The van der Waals surface area contributed by atoms with Crippen molar-refractivity contribution in [3.63, 3.8) is 0 Å². The molecule has 1 aliphatic heterocycles. The van der Waals surface area contributed by atoms with Crippen molar-refractivity contribution >= 4 is 5.97 Å². The van der Waals surface area contributed by atoms with Gasteiger partial charge in [-0.1, -0.05) is 6.92 Å². The van der Waals surface area contributed by atoms with Gasteiger partial charge in [-0.2, -0.15) is 0 Å². The Morgan fingerprint density at radius 1 is 1.33 bits per heavy atom. The molecule has 1 heterocycles. The van der Waals surface area contributed by atoms with Gasteiger partial charge in [-0.3, -0.25) is 9.69 Å². The van der Waals surface area contributed by atoms with Crippen molar-refractivity contribution in [2.24, 2.45) is 0 Å². The Morgan fingerprint density at radius 3 is 2.22 bits per heavy atom. The highest BCUT2D eigenvalue weighted by molar-refractivity contribution is 5.73. The number of rotatable bonds is 5. The largest absolute Gasteiger partial charge is 0.480 e. The molecule has 5 nitrogen and oxygen atoms in total.